The molecule has 3 aliphatic heterocycles. The number of nitrogens with zero attached hydrogens (tertiary/aromatic N) is 18. The molecule has 6 N–H and O–H groups in total. The number of nitriles is 3. The SMILES string of the molecule is C=CC(=O)N1[C@H](C)CN(c2c(C#N)c(=O)n(-c3c(C)ccnc3C(C)C)c3nc(-c4c(Cl)c(N)c(Cl)c(F)c4Cl)c(Cl)cc23)C[C@@H]1C.C=CC(=O)N1[C@H](C)CN(c2c(C#N)c(=O)n(-c3c(C)ccnc3C(C)C)c3nc(-c4c(F)c(F)c(Cl)c(N)c4Cl)c(Cl)cc23)C[C@@H]1C.C=CC(=O)N1[C@H](C)CN(c2c(C#N)c(=O)n(-c3c(C)ccnc3C(C)C)c3nc(-c4c(F)c(F)c(Cl)c(N)c4Cl)c(Cl)cc23)C[C@@H]1C. The van der Waals surface area contributed by atoms with Crippen LogP contribution in [-0.2, 0) is 14.4 Å². The molecule has 6 atom stereocenters. The standard InChI is InChI=1S/C33H30Cl4FN7O2.2C33H30Cl3F2N7O2/c1-7-21(46)44-16(5)12-43(13-17(44)6)31-18-10-20(34)29(22-23(35)26(38)25(37)27(40)24(22)36)42-32(18)45(33(47)19(31)11-39)30-15(4)8-9-41-28(30)14(2)3;2*1-7-21(46)44-16(5)12-43(13-17(44)6)31-18-10-20(34)29(22-23(35)27(40)24(36)26(38)25(22)37)42-32(18)45(33(47)19(31)11-39)30-15(4)8-9-41-28(30)14(2)3/h3*7-10,14,16-17H,1,12-13,40H2,2-6H3/t3*16-,17+. The van der Waals surface area contributed by atoms with Crippen LogP contribution in [0.25, 0.3) is 83.9 Å². The van der Waals surface area contributed by atoms with Gasteiger partial charge in [-0.1, -0.05) is 177 Å². The topological polar surface area (TPSA) is 363 Å². The fourth-order valence-corrected chi connectivity index (χ4v) is 21.4. The molecule has 27 nitrogen and oxygen atoms in total. The van der Waals surface area contributed by atoms with Crippen LogP contribution in [0.5, 0.6) is 0 Å². The Morgan fingerprint density at radius 3 is 0.851 bits per heavy atom. The number of benzene rings is 3. The number of fused-ring (bicyclic) bond motifs is 3. The predicted octanol–water partition coefficient (Wildman–Crippen LogP) is 22.1. The van der Waals surface area contributed by atoms with Crippen LogP contribution in [-0.4, -0.2) is 152 Å². The van der Waals surface area contributed by atoms with Crippen LogP contribution in [0.1, 0.15) is 151 Å². The van der Waals surface area contributed by atoms with Gasteiger partial charge < -0.3 is 46.6 Å². The molecule has 0 aliphatic carbocycles. The van der Waals surface area contributed by atoms with E-state index in [1.165, 1.54) is 50.1 Å². The second-order valence-electron chi connectivity index (χ2n) is 35.3. The second-order valence-corrected chi connectivity index (χ2v) is 39.2. The molecule has 0 unspecified atom stereocenters. The normalized spacial score (nSPS) is 16.6. The van der Waals surface area contributed by atoms with Crippen molar-refractivity contribution >= 4 is 201 Å². The van der Waals surface area contributed by atoms with Crippen molar-refractivity contribution in [2.45, 2.75) is 158 Å². The van der Waals surface area contributed by atoms with Crippen molar-refractivity contribution in [2.75, 3.05) is 71.2 Å². The van der Waals surface area contributed by atoms with Gasteiger partial charge >= 0.3 is 0 Å². The van der Waals surface area contributed by atoms with Crippen molar-refractivity contribution in [3.05, 3.63) is 254 Å². The van der Waals surface area contributed by atoms with Crippen LogP contribution >= 0.6 is 116 Å². The highest BCUT2D eigenvalue weighted by molar-refractivity contribution is 6.46. The van der Waals surface area contributed by atoms with Gasteiger partial charge in [0.15, 0.2) is 29.1 Å². The summed E-state index contributed by atoms with van der Waals surface area (Å²) in [4.78, 5) is 120. The summed E-state index contributed by atoms with van der Waals surface area (Å²) in [5.74, 6) is -7.96. The van der Waals surface area contributed by atoms with E-state index in [-0.39, 0.29) is 215 Å². The summed E-state index contributed by atoms with van der Waals surface area (Å²) >= 11 is 64.1. The fourth-order valence-electron chi connectivity index (χ4n) is 18.8. The van der Waals surface area contributed by atoms with Gasteiger partial charge in [-0.3, -0.25) is 57.4 Å². The van der Waals surface area contributed by atoms with Crippen molar-refractivity contribution in [3.63, 3.8) is 0 Å². The van der Waals surface area contributed by atoms with Crippen LogP contribution in [0.4, 0.5) is 56.1 Å². The highest BCUT2D eigenvalue weighted by Gasteiger charge is 2.42. The molecule has 141 heavy (non-hydrogen) atoms. The van der Waals surface area contributed by atoms with Gasteiger partial charge in [0, 0.05) is 116 Å². The first-order chi connectivity index (χ1) is 66.5. The number of amides is 3. The Morgan fingerprint density at radius 2 is 0.617 bits per heavy atom. The zero-order valence-electron chi connectivity index (χ0n) is 78.4. The first kappa shape index (κ1) is 106. The van der Waals surface area contributed by atoms with Crippen molar-refractivity contribution in [1.29, 1.82) is 15.8 Å². The third-order valence-electron chi connectivity index (χ3n) is 24.9. The Kier molecular flexibility index (Phi) is 31.3. The molecule has 3 fully saturated rings. The summed E-state index contributed by atoms with van der Waals surface area (Å²) in [6.45, 7) is 40.4. The van der Waals surface area contributed by atoms with E-state index in [0.717, 1.165) is 0 Å². The minimum Gasteiger partial charge on any atom is -0.396 e. The fraction of sp³-hybridized carbons (Fsp3) is 0.303. The molecule has 0 bridgehead atoms. The summed E-state index contributed by atoms with van der Waals surface area (Å²) in [6.07, 6.45) is 8.60. The lowest BCUT2D eigenvalue weighted by Crippen LogP contribution is -2.58. The molecule has 42 heteroatoms. The maximum Gasteiger partial charge on any atom is 0.276 e. The van der Waals surface area contributed by atoms with Crippen LogP contribution in [0.15, 0.2) is 107 Å². The lowest BCUT2D eigenvalue weighted by molar-refractivity contribution is -0.131. The Hall–Kier alpha value is -12.4. The number of halogens is 15. The number of nitrogen functional groups attached to an aromatic ring is 3. The van der Waals surface area contributed by atoms with E-state index in [0.29, 0.717) is 61.9 Å². The molecule has 3 saturated heterocycles. The number of piperazine rings is 3. The largest absolute Gasteiger partial charge is 0.396 e. The van der Waals surface area contributed by atoms with Crippen LogP contribution < -0.4 is 48.6 Å². The molecule has 3 amide bonds. The molecule has 12 aromatic rings. The average Bonchev–Trinajstić information content (AvgIpc) is 0.725. The molecule has 732 valence electrons. The van der Waals surface area contributed by atoms with Crippen molar-refractivity contribution in [1.82, 2.24) is 58.3 Å². The van der Waals surface area contributed by atoms with E-state index >= 15 is 13.2 Å². The highest BCUT2D eigenvalue weighted by Crippen LogP contribution is 2.51. The van der Waals surface area contributed by atoms with E-state index in [4.69, 9.17) is 138 Å². The number of aromatic nitrogens is 9. The van der Waals surface area contributed by atoms with Crippen LogP contribution in [0.3, 0.4) is 0 Å². The average molecular weight is 2120 g/mol. The maximum atomic E-state index is 15.5. The third-order valence-corrected chi connectivity index (χ3v) is 28.4. The van der Waals surface area contributed by atoms with Crippen molar-refractivity contribution in [3.8, 4) is 69.0 Å². The van der Waals surface area contributed by atoms with Gasteiger partial charge in [-0.05, 0) is 151 Å². The first-order valence-corrected chi connectivity index (χ1v) is 47.6. The van der Waals surface area contributed by atoms with E-state index in [9.17, 15) is 53.3 Å². The van der Waals surface area contributed by atoms with Crippen LogP contribution in [0, 0.1) is 83.9 Å². The first-order valence-electron chi connectivity index (χ1n) is 43.9. The lowest BCUT2D eigenvalue weighted by Gasteiger charge is -2.45. The van der Waals surface area contributed by atoms with E-state index in [1.807, 2.05) is 105 Å². The Labute approximate surface area is 856 Å². The van der Waals surface area contributed by atoms with Gasteiger partial charge in [0.05, 0.1) is 132 Å². The van der Waals surface area contributed by atoms with Gasteiger partial charge in [-0.25, -0.2) is 36.9 Å². The smallest absolute Gasteiger partial charge is 0.276 e. The van der Waals surface area contributed by atoms with E-state index < -0.39 is 98.4 Å². The molecule has 0 spiro atoms. The zero-order chi connectivity index (χ0) is 104. The number of anilines is 6. The van der Waals surface area contributed by atoms with E-state index in [2.05, 4.69) is 62.9 Å². The number of rotatable bonds is 15. The molecule has 3 aliphatic rings. The number of hydrogen-bond acceptors (Lipinski definition) is 21. The third kappa shape index (κ3) is 18.5. The minimum atomic E-state index is -1.44. The second kappa shape index (κ2) is 41.7. The lowest BCUT2D eigenvalue weighted by atomic mass is 10.0. The van der Waals surface area contributed by atoms with Gasteiger partial charge in [-0.15, -0.1) is 0 Å². The number of nitrogens with two attached hydrogens (primary N) is 3. The molecular weight excluding hydrogens is 2030 g/mol. The summed E-state index contributed by atoms with van der Waals surface area (Å²) in [5.41, 5.74) is 17.9. The monoisotopic (exact) mass is 2110 g/mol. The summed E-state index contributed by atoms with van der Waals surface area (Å²) in [7, 11) is 0. The quantitative estimate of drug-likeness (QED) is 0.0282. The maximum absolute atomic E-state index is 15.5. The predicted molar refractivity (Wildman–Crippen MR) is 550 cm³/mol. The molecule has 12 heterocycles. The Bertz CT molecular complexity index is 6860. The van der Waals surface area contributed by atoms with Gasteiger partial charge in [0.1, 0.15) is 66.9 Å². The molecule has 9 aromatic heterocycles. The van der Waals surface area contributed by atoms with Crippen LogP contribution in [0.2, 0.25) is 50.2 Å². The van der Waals surface area contributed by atoms with Gasteiger partial charge in [0.25, 0.3) is 16.7 Å². The van der Waals surface area contributed by atoms with Crippen molar-refractivity contribution < 1.29 is 36.3 Å². The van der Waals surface area contributed by atoms with E-state index in [1.54, 1.807) is 65.3 Å². The molecule has 0 saturated carbocycles. The highest BCUT2D eigenvalue weighted by atomic mass is 35.5. The number of carbonyl (C=O) groups is 3. The molecule has 15 rings (SSSR count). The molecule has 0 radical (unpaired) electrons. The Balaban J connectivity index is 0.000000178. The number of pyridine rings is 9. The van der Waals surface area contributed by atoms with Crippen molar-refractivity contribution in [2.24, 2.45) is 0 Å². The summed E-state index contributed by atoms with van der Waals surface area (Å²) in [5, 5.41) is 28.8. The van der Waals surface area contributed by atoms with Gasteiger partial charge in [-0.2, -0.15) is 15.8 Å². The zero-order valence-corrected chi connectivity index (χ0v) is 85.9. The summed E-state index contributed by atoms with van der Waals surface area (Å²) in [6, 6.07) is 13.9. The number of aryl methyl sites for hydroxylation is 3. The molecule has 3 aromatic carbocycles. The van der Waals surface area contributed by atoms with Gasteiger partial charge in [0.2, 0.25) is 17.7 Å². The summed E-state index contributed by atoms with van der Waals surface area (Å²) < 4.78 is 79.9. The number of hydrogen-bond donors (Lipinski definition) is 3. The Morgan fingerprint density at radius 1 is 0.383 bits per heavy atom. The number of carbonyl (C=O) groups excluding carboxylic acids is 3. The minimum absolute atomic E-state index is 0.00804. The molecular formula is C99H90Cl10F5N21O6.